The lowest BCUT2D eigenvalue weighted by Gasteiger charge is -2.12. The number of hydrogen-bond acceptors (Lipinski definition) is 7. The van der Waals surface area contributed by atoms with Gasteiger partial charge in [-0.1, -0.05) is 29.8 Å². The normalized spacial score (nSPS) is 11.3. The number of rotatable bonds is 8. The van der Waals surface area contributed by atoms with E-state index in [2.05, 4.69) is 20.6 Å². The summed E-state index contributed by atoms with van der Waals surface area (Å²) in [7, 11) is -2.35. The van der Waals surface area contributed by atoms with Gasteiger partial charge in [-0.2, -0.15) is 5.10 Å². The van der Waals surface area contributed by atoms with Crippen LogP contribution in [0.3, 0.4) is 0 Å². The third-order valence-electron chi connectivity index (χ3n) is 4.90. The van der Waals surface area contributed by atoms with E-state index in [1.54, 1.807) is 32.2 Å². The van der Waals surface area contributed by atoms with Gasteiger partial charge in [0.15, 0.2) is 0 Å². The molecule has 0 radical (unpaired) electrons. The van der Waals surface area contributed by atoms with Crippen LogP contribution in [0.15, 0.2) is 70.7 Å². The van der Waals surface area contributed by atoms with E-state index in [-0.39, 0.29) is 16.1 Å². The molecule has 0 fully saturated rings. The molecule has 3 aromatic carbocycles. The van der Waals surface area contributed by atoms with E-state index in [9.17, 15) is 23.3 Å². The first kappa shape index (κ1) is 24.4. The number of carbonyl (C=O) groups excluding carboxylic acids is 1. The maximum atomic E-state index is 12.8. The van der Waals surface area contributed by atoms with E-state index in [0.717, 1.165) is 11.1 Å². The van der Waals surface area contributed by atoms with Gasteiger partial charge in [0.1, 0.15) is 5.69 Å². The van der Waals surface area contributed by atoms with E-state index in [4.69, 9.17) is 0 Å². The van der Waals surface area contributed by atoms with Crippen molar-refractivity contribution in [1.29, 1.82) is 0 Å². The molecule has 0 aromatic heterocycles. The molecule has 0 saturated carbocycles. The Bertz CT molecular complexity index is 1390. The van der Waals surface area contributed by atoms with Crippen molar-refractivity contribution in [2.24, 2.45) is 5.10 Å². The van der Waals surface area contributed by atoms with Crippen molar-refractivity contribution in [3.63, 3.8) is 0 Å². The lowest BCUT2D eigenvalue weighted by molar-refractivity contribution is -0.383. The molecular weight excluding hydrogens is 458 g/mol. The molecule has 0 unspecified atom stereocenters. The van der Waals surface area contributed by atoms with Gasteiger partial charge in [0.05, 0.1) is 21.7 Å². The van der Waals surface area contributed by atoms with Crippen molar-refractivity contribution in [2.75, 3.05) is 17.1 Å². The summed E-state index contributed by atoms with van der Waals surface area (Å²) in [5.74, 6) is -0.638. The van der Waals surface area contributed by atoms with Crippen molar-refractivity contribution < 1.29 is 18.1 Å². The van der Waals surface area contributed by atoms with E-state index >= 15 is 0 Å². The van der Waals surface area contributed by atoms with Crippen LogP contribution in [0.5, 0.6) is 0 Å². The first-order chi connectivity index (χ1) is 16.1. The number of sulfonamides is 1. The summed E-state index contributed by atoms with van der Waals surface area (Å²) in [6.45, 7) is 3.71. The van der Waals surface area contributed by atoms with Gasteiger partial charge < -0.3 is 5.32 Å². The van der Waals surface area contributed by atoms with E-state index in [1.165, 1.54) is 42.6 Å². The van der Waals surface area contributed by atoms with Gasteiger partial charge in [-0.25, -0.2) is 13.8 Å². The molecular formula is C23H23N5O5S. The molecule has 0 heterocycles. The van der Waals surface area contributed by atoms with Crippen LogP contribution in [0, 0.1) is 24.0 Å². The number of anilines is 2. The van der Waals surface area contributed by atoms with Gasteiger partial charge in [0.25, 0.3) is 21.6 Å². The SMILES string of the molecule is CNc1ccc(/C=N/NC(=O)c2cccc(S(=O)(=O)Nc3ccc(C)cc3C)c2)cc1[N+](=O)[O-]. The molecule has 0 bridgehead atoms. The Morgan fingerprint density at radius 2 is 1.76 bits per heavy atom. The number of amides is 1. The van der Waals surface area contributed by atoms with Gasteiger partial charge in [-0.3, -0.25) is 19.6 Å². The summed E-state index contributed by atoms with van der Waals surface area (Å²) in [4.78, 5) is 23.0. The van der Waals surface area contributed by atoms with Crippen molar-refractivity contribution in [2.45, 2.75) is 18.7 Å². The zero-order valence-electron chi connectivity index (χ0n) is 18.7. The van der Waals surface area contributed by atoms with Crippen molar-refractivity contribution in [3.8, 4) is 0 Å². The number of carbonyl (C=O) groups is 1. The quantitative estimate of drug-likeness (QED) is 0.254. The van der Waals surface area contributed by atoms with Gasteiger partial charge in [-0.15, -0.1) is 0 Å². The second-order valence-corrected chi connectivity index (χ2v) is 9.12. The summed E-state index contributed by atoms with van der Waals surface area (Å²) in [6.07, 6.45) is 1.26. The lowest BCUT2D eigenvalue weighted by Crippen LogP contribution is -2.19. The molecule has 0 aliphatic carbocycles. The van der Waals surface area contributed by atoms with Crippen LogP contribution >= 0.6 is 0 Å². The van der Waals surface area contributed by atoms with Crippen molar-refractivity contribution in [1.82, 2.24) is 5.43 Å². The van der Waals surface area contributed by atoms with E-state index < -0.39 is 20.9 Å². The largest absolute Gasteiger partial charge is 0.383 e. The number of nitro benzene ring substituents is 1. The topological polar surface area (TPSA) is 143 Å². The third-order valence-corrected chi connectivity index (χ3v) is 6.26. The van der Waals surface area contributed by atoms with Crippen LogP contribution < -0.4 is 15.5 Å². The molecule has 34 heavy (non-hydrogen) atoms. The van der Waals surface area contributed by atoms with Gasteiger partial charge in [-0.05, 0) is 49.7 Å². The average molecular weight is 482 g/mol. The average Bonchev–Trinajstić information content (AvgIpc) is 2.80. The molecule has 176 valence electrons. The summed E-state index contributed by atoms with van der Waals surface area (Å²) >= 11 is 0. The monoisotopic (exact) mass is 481 g/mol. The number of nitro groups is 1. The Hall–Kier alpha value is -4.25. The van der Waals surface area contributed by atoms with E-state index in [1.807, 2.05) is 13.0 Å². The summed E-state index contributed by atoms with van der Waals surface area (Å²) < 4.78 is 28.2. The van der Waals surface area contributed by atoms with Crippen LogP contribution in [0.1, 0.15) is 27.0 Å². The van der Waals surface area contributed by atoms with Crippen LogP contribution in [-0.2, 0) is 10.0 Å². The molecule has 0 spiro atoms. The predicted octanol–water partition coefficient (Wildman–Crippen LogP) is 3.82. The predicted molar refractivity (Wildman–Crippen MR) is 131 cm³/mol. The van der Waals surface area contributed by atoms with Crippen LogP contribution in [0.2, 0.25) is 0 Å². The second kappa shape index (κ2) is 10.1. The van der Waals surface area contributed by atoms with Crippen molar-refractivity contribution in [3.05, 3.63) is 93.0 Å². The Labute approximate surface area is 196 Å². The van der Waals surface area contributed by atoms with E-state index in [0.29, 0.717) is 16.9 Å². The number of nitrogens with one attached hydrogen (secondary N) is 3. The Balaban J connectivity index is 1.74. The number of hydrogen-bond donors (Lipinski definition) is 3. The molecule has 1 amide bonds. The van der Waals surface area contributed by atoms with Crippen LogP contribution in [-0.4, -0.2) is 32.5 Å². The third kappa shape index (κ3) is 5.75. The fourth-order valence-corrected chi connectivity index (χ4v) is 4.33. The molecule has 0 aliphatic rings. The summed E-state index contributed by atoms with van der Waals surface area (Å²) in [5, 5.41) is 17.7. The lowest BCUT2D eigenvalue weighted by atomic mass is 10.1. The highest BCUT2D eigenvalue weighted by Crippen LogP contribution is 2.24. The van der Waals surface area contributed by atoms with Gasteiger partial charge in [0.2, 0.25) is 0 Å². The molecule has 3 rings (SSSR count). The number of benzene rings is 3. The summed E-state index contributed by atoms with van der Waals surface area (Å²) in [5.41, 5.74) is 5.22. The fraction of sp³-hybridized carbons (Fsp3) is 0.130. The van der Waals surface area contributed by atoms with Crippen molar-refractivity contribution >= 4 is 39.2 Å². The molecule has 3 aromatic rings. The molecule has 11 heteroatoms. The highest BCUT2D eigenvalue weighted by Gasteiger charge is 2.17. The second-order valence-electron chi connectivity index (χ2n) is 7.43. The highest BCUT2D eigenvalue weighted by molar-refractivity contribution is 7.92. The van der Waals surface area contributed by atoms with Gasteiger partial charge in [0, 0.05) is 24.2 Å². The van der Waals surface area contributed by atoms with Crippen LogP contribution in [0.25, 0.3) is 0 Å². The Kier molecular flexibility index (Phi) is 7.27. The van der Waals surface area contributed by atoms with Crippen LogP contribution in [0.4, 0.5) is 17.1 Å². The maximum absolute atomic E-state index is 12.8. The molecule has 0 saturated heterocycles. The zero-order valence-corrected chi connectivity index (χ0v) is 19.5. The van der Waals surface area contributed by atoms with Gasteiger partial charge >= 0.3 is 0 Å². The molecule has 3 N–H and O–H groups in total. The zero-order chi connectivity index (χ0) is 24.9. The maximum Gasteiger partial charge on any atom is 0.292 e. The summed E-state index contributed by atoms with van der Waals surface area (Å²) in [6, 6.07) is 15.3. The molecule has 0 aliphatic heterocycles. The number of aryl methyl sites for hydroxylation is 2. The standard InChI is InChI=1S/C23H23N5O5S/c1-15-7-9-20(16(2)11-15)27-34(32,33)19-6-4-5-18(13-19)23(29)26-25-14-17-8-10-21(24-3)22(12-17)28(30)31/h4-14,24,27H,1-3H3,(H,26,29)/b25-14+. The molecule has 0 atom stereocenters. The Morgan fingerprint density at radius 1 is 1.03 bits per heavy atom. The minimum atomic E-state index is -3.93. The number of nitrogens with zero attached hydrogens (tertiary/aromatic N) is 2. The Morgan fingerprint density at radius 3 is 2.44 bits per heavy atom. The first-order valence-corrected chi connectivity index (χ1v) is 11.6. The first-order valence-electron chi connectivity index (χ1n) is 10.1. The smallest absolute Gasteiger partial charge is 0.292 e. The number of hydrazone groups is 1. The highest BCUT2D eigenvalue weighted by atomic mass is 32.2. The minimum absolute atomic E-state index is 0.0807. The minimum Gasteiger partial charge on any atom is -0.383 e. The molecule has 10 nitrogen and oxygen atoms in total. The fourth-order valence-electron chi connectivity index (χ4n) is 3.16.